The number of hydrogen-bond donors (Lipinski definition) is 0. The summed E-state index contributed by atoms with van der Waals surface area (Å²) < 4.78 is 7.38. The maximum absolute atomic E-state index is 5.27. The molecule has 12 heavy (non-hydrogen) atoms. The summed E-state index contributed by atoms with van der Waals surface area (Å²) in [5.41, 5.74) is 1.38. The van der Waals surface area contributed by atoms with Gasteiger partial charge < -0.3 is 9.30 Å². The van der Waals surface area contributed by atoms with E-state index in [1.807, 2.05) is 19.3 Å². The monoisotopic (exact) mass is 167 g/mol. The molecule has 0 bridgehead atoms. The minimum absolute atomic E-state index is 0.142. The molecule has 0 aromatic carbocycles. The van der Waals surface area contributed by atoms with Crippen molar-refractivity contribution in [1.82, 2.24) is 4.57 Å². The maximum Gasteiger partial charge on any atom is 0.140 e. The Morgan fingerprint density at radius 1 is 1.33 bits per heavy atom. The first-order valence-electron chi connectivity index (χ1n) is 4.16. The molecule has 1 heterocycles. The molecule has 0 N–H and O–H groups in total. The van der Waals surface area contributed by atoms with Crippen molar-refractivity contribution in [1.29, 1.82) is 0 Å². The van der Waals surface area contributed by atoms with Crippen LogP contribution in [0.3, 0.4) is 0 Å². The number of aryl methyl sites for hydroxylation is 1. The van der Waals surface area contributed by atoms with Gasteiger partial charge in [-0.15, -0.1) is 0 Å². The molecule has 2 heteroatoms. The number of ether oxygens (including phenoxy) is 1. The van der Waals surface area contributed by atoms with Gasteiger partial charge in [-0.1, -0.05) is 20.8 Å². The molecule has 68 valence electrons. The molecule has 0 spiro atoms. The third-order valence-electron chi connectivity index (χ3n) is 1.97. The van der Waals surface area contributed by atoms with Gasteiger partial charge in [0.25, 0.3) is 0 Å². The Labute approximate surface area is 74.2 Å². The molecule has 0 saturated carbocycles. The highest BCUT2D eigenvalue weighted by Gasteiger charge is 2.21. The van der Waals surface area contributed by atoms with Gasteiger partial charge in [-0.3, -0.25) is 0 Å². The fourth-order valence-corrected chi connectivity index (χ4v) is 1.57. The van der Waals surface area contributed by atoms with Crippen molar-refractivity contribution in [2.24, 2.45) is 7.05 Å². The highest BCUT2D eigenvalue weighted by molar-refractivity contribution is 5.34. The standard InChI is InChI=1S/C10H17NO/c1-10(2,3)9-8(12-5)6-7-11(9)4/h6-7H,1-5H3. The molecule has 0 atom stereocenters. The van der Waals surface area contributed by atoms with Gasteiger partial charge in [0.15, 0.2) is 0 Å². The highest BCUT2D eigenvalue weighted by Crippen LogP contribution is 2.31. The second-order valence-corrected chi connectivity index (χ2v) is 4.09. The predicted octanol–water partition coefficient (Wildman–Crippen LogP) is 2.33. The van der Waals surface area contributed by atoms with Crippen molar-refractivity contribution in [3.63, 3.8) is 0 Å². The molecule has 0 aliphatic carbocycles. The molecule has 1 aromatic heterocycles. The van der Waals surface area contributed by atoms with E-state index < -0.39 is 0 Å². The zero-order valence-electron chi connectivity index (χ0n) is 8.51. The van der Waals surface area contributed by atoms with Crippen LogP contribution in [0.4, 0.5) is 0 Å². The molecule has 2 nitrogen and oxygen atoms in total. The summed E-state index contributed by atoms with van der Waals surface area (Å²) in [7, 11) is 3.76. The molecule has 0 unspecified atom stereocenters. The van der Waals surface area contributed by atoms with E-state index in [0.29, 0.717) is 0 Å². The van der Waals surface area contributed by atoms with E-state index in [9.17, 15) is 0 Å². The normalized spacial score (nSPS) is 11.8. The quantitative estimate of drug-likeness (QED) is 0.626. The summed E-state index contributed by atoms with van der Waals surface area (Å²) in [6.07, 6.45) is 2.03. The minimum Gasteiger partial charge on any atom is -0.495 e. The van der Waals surface area contributed by atoms with Gasteiger partial charge in [-0.25, -0.2) is 0 Å². The van der Waals surface area contributed by atoms with Crippen LogP contribution in [0, 0.1) is 0 Å². The maximum atomic E-state index is 5.27. The third kappa shape index (κ3) is 1.47. The smallest absolute Gasteiger partial charge is 0.140 e. The van der Waals surface area contributed by atoms with E-state index in [1.165, 1.54) is 5.69 Å². The summed E-state index contributed by atoms with van der Waals surface area (Å²) in [5.74, 6) is 0.977. The molecule has 1 aromatic rings. The van der Waals surface area contributed by atoms with Gasteiger partial charge in [-0.05, 0) is 6.07 Å². The number of nitrogens with zero attached hydrogens (tertiary/aromatic N) is 1. The van der Waals surface area contributed by atoms with Crippen LogP contribution >= 0.6 is 0 Å². The Morgan fingerprint density at radius 3 is 2.25 bits per heavy atom. The zero-order chi connectivity index (χ0) is 9.35. The summed E-state index contributed by atoms with van der Waals surface area (Å²) in [6, 6.07) is 2.00. The lowest BCUT2D eigenvalue weighted by Crippen LogP contribution is -2.16. The number of methoxy groups -OCH3 is 1. The van der Waals surface area contributed by atoms with Crippen LogP contribution in [0.1, 0.15) is 26.5 Å². The van der Waals surface area contributed by atoms with Gasteiger partial charge >= 0.3 is 0 Å². The second kappa shape index (κ2) is 2.85. The van der Waals surface area contributed by atoms with Crippen LogP contribution in [0.5, 0.6) is 5.75 Å². The predicted molar refractivity (Wildman–Crippen MR) is 50.7 cm³/mol. The first kappa shape index (κ1) is 9.17. The number of rotatable bonds is 1. The Kier molecular flexibility index (Phi) is 2.18. The van der Waals surface area contributed by atoms with Crippen LogP contribution in [-0.4, -0.2) is 11.7 Å². The fraction of sp³-hybridized carbons (Fsp3) is 0.600. The fourth-order valence-electron chi connectivity index (χ4n) is 1.57. The second-order valence-electron chi connectivity index (χ2n) is 4.09. The van der Waals surface area contributed by atoms with E-state index in [2.05, 4.69) is 25.3 Å². The summed E-state index contributed by atoms with van der Waals surface area (Å²) >= 11 is 0. The first-order valence-corrected chi connectivity index (χ1v) is 4.16. The molecule has 0 amide bonds. The number of aromatic nitrogens is 1. The molecular weight excluding hydrogens is 150 g/mol. The van der Waals surface area contributed by atoms with Crippen molar-refractivity contribution in [2.45, 2.75) is 26.2 Å². The Bertz CT molecular complexity index is 268. The van der Waals surface area contributed by atoms with Gasteiger partial charge in [0.2, 0.25) is 0 Å². The Hall–Kier alpha value is -0.920. The average molecular weight is 167 g/mol. The third-order valence-corrected chi connectivity index (χ3v) is 1.97. The van der Waals surface area contributed by atoms with Gasteiger partial charge in [0, 0.05) is 18.7 Å². The molecular formula is C10H17NO. The molecule has 0 fully saturated rings. The molecule has 0 aliphatic rings. The van der Waals surface area contributed by atoms with Crippen LogP contribution < -0.4 is 4.74 Å². The Morgan fingerprint density at radius 2 is 1.92 bits per heavy atom. The molecule has 0 aliphatic heterocycles. The topological polar surface area (TPSA) is 14.2 Å². The lowest BCUT2D eigenvalue weighted by atomic mass is 9.91. The van der Waals surface area contributed by atoms with Crippen LogP contribution in [-0.2, 0) is 12.5 Å². The Balaban J connectivity index is 3.19. The van der Waals surface area contributed by atoms with E-state index in [1.54, 1.807) is 7.11 Å². The van der Waals surface area contributed by atoms with Crippen LogP contribution in [0.25, 0.3) is 0 Å². The van der Waals surface area contributed by atoms with E-state index >= 15 is 0 Å². The lowest BCUT2D eigenvalue weighted by Gasteiger charge is -2.21. The van der Waals surface area contributed by atoms with Crippen molar-refractivity contribution >= 4 is 0 Å². The van der Waals surface area contributed by atoms with E-state index in [0.717, 1.165) is 5.75 Å². The average Bonchev–Trinajstić information content (AvgIpc) is 2.29. The molecule has 0 radical (unpaired) electrons. The van der Waals surface area contributed by atoms with E-state index in [4.69, 9.17) is 4.74 Å². The molecule has 1 rings (SSSR count). The molecule has 0 saturated heterocycles. The van der Waals surface area contributed by atoms with E-state index in [-0.39, 0.29) is 5.41 Å². The highest BCUT2D eigenvalue weighted by atomic mass is 16.5. The summed E-state index contributed by atoms with van der Waals surface area (Å²) in [5, 5.41) is 0. The minimum atomic E-state index is 0.142. The van der Waals surface area contributed by atoms with Crippen molar-refractivity contribution in [2.75, 3.05) is 7.11 Å². The number of hydrogen-bond acceptors (Lipinski definition) is 1. The van der Waals surface area contributed by atoms with Gasteiger partial charge in [-0.2, -0.15) is 0 Å². The van der Waals surface area contributed by atoms with Crippen LogP contribution in [0.2, 0.25) is 0 Å². The summed E-state index contributed by atoms with van der Waals surface area (Å²) in [6.45, 7) is 6.56. The summed E-state index contributed by atoms with van der Waals surface area (Å²) in [4.78, 5) is 0. The SMILES string of the molecule is COc1ccn(C)c1C(C)(C)C. The van der Waals surface area contributed by atoms with Gasteiger partial charge in [0.05, 0.1) is 12.8 Å². The first-order chi connectivity index (χ1) is 5.46. The van der Waals surface area contributed by atoms with Crippen molar-refractivity contribution in [3.8, 4) is 5.75 Å². The van der Waals surface area contributed by atoms with Crippen LogP contribution in [0.15, 0.2) is 12.3 Å². The van der Waals surface area contributed by atoms with Crippen molar-refractivity contribution in [3.05, 3.63) is 18.0 Å². The largest absolute Gasteiger partial charge is 0.495 e. The van der Waals surface area contributed by atoms with Crippen molar-refractivity contribution < 1.29 is 4.74 Å². The lowest BCUT2D eigenvalue weighted by molar-refractivity contribution is 0.392. The zero-order valence-corrected chi connectivity index (χ0v) is 8.51. The van der Waals surface area contributed by atoms with Gasteiger partial charge in [0.1, 0.15) is 5.75 Å².